The Morgan fingerprint density at radius 3 is 2.81 bits per heavy atom. The highest BCUT2D eigenvalue weighted by Crippen LogP contribution is 2.28. The molecule has 0 aliphatic rings. The fraction of sp³-hybridized carbons (Fsp3) is 0. The number of aromatic nitrogens is 1. The molecule has 1 aromatic carbocycles. The van der Waals surface area contributed by atoms with Crippen LogP contribution in [0.5, 0.6) is 0 Å². The van der Waals surface area contributed by atoms with Crippen molar-refractivity contribution in [2.45, 2.75) is 0 Å². The summed E-state index contributed by atoms with van der Waals surface area (Å²) in [4.78, 5) is 25.0. The van der Waals surface area contributed by atoms with Crippen LogP contribution in [-0.4, -0.2) is 21.0 Å². The van der Waals surface area contributed by atoms with Crippen molar-refractivity contribution in [3.63, 3.8) is 0 Å². The lowest BCUT2D eigenvalue weighted by Gasteiger charge is -2.07. The summed E-state index contributed by atoms with van der Waals surface area (Å²) in [5.41, 5.74) is -0.243. The molecule has 8 heteroatoms. The van der Waals surface area contributed by atoms with Gasteiger partial charge in [-0.1, -0.05) is 6.07 Å². The monoisotopic (exact) mass is 284 g/mol. The van der Waals surface area contributed by atoms with Gasteiger partial charge in [0.2, 0.25) is 5.82 Å². The second kappa shape index (κ2) is 5.66. The first-order chi connectivity index (χ1) is 10.0. The average molecular weight is 284 g/mol. The number of rotatable bonds is 4. The van der Waals surface area contributed by atoms with Gasteiger partial charge in [-0.05, 0) is 24.3 Å². The first-order valence-electron chi connectivity index (χ1n) is 5.67. The van der Waals surface area contributed by atoms with Crippen LogP contribution in [0.2, 0.25) is 0 Å². The molecule has 0 aliphatic heterocycles. The smallest absolute Gasteiger partial charge is 0.335 e. The number of pyridine rings is 1. The Balaban J connectivity index is 2.45. The molecule has 0 saturated heterocycles. The van der Waals surface area contributed by atoms with Crippen molar-refractivity contribution in [2.24, 2.45) is 0 Å². The predicted octanol–water partition coefficient (Wildman–Crippen LogP) is 2.30. The number of nitro groups is 1. The van der Waals surface area contributed by atoms with Crippen molar-refractivity contribution >= 4 is 23.2 Å². The normalized spacial score (nSPS) is 9.67. The zero-order valence-corrected chi connectivity index (χ0v) is 10.5. The number of carboxylic acids is 1. The quantitative estimate of drug-likeness (QED) is 0.650. The summed E-state index contributed by atoms with van der Waals surface area (Å²) in [6.07, 6.45) is 1.26. The van der Waals surface area contributed by atoms with E-state index in [-0.39, 0.29) is 16.9 Å². The highest BCUT2D eigenvalue weighted by atomic mass is 16.6. The molecular weight excluding hydrogens is 276 g/mol. The van der Waals surface area contributed by atoms with Gasteiger partial charge in [-0.25, -0.2) is 9.78 Å². The lowest BCUT2D eigenvalue weighted by Crippen LogP contribution is -2.03. The average Bonchev–Trinajstić information content (AvgIpc) is 2.46. The molecule has 0 spiro atoms. The number of benzene rings is 1. The molecule has 0 saturated carbocycles. The number of aromatic carboxylic acids is 1. The van der Waals surface area contributed by atoms with Gasteiger partial charge in [-0.15, -0.1) is 0 Å². The van der Waals surface area contributed by atoms with E-state index in [4.69, 9.17) is 10.4 Å². The van der Waals surface area contributed by atoms with Gasteiger partial charge in [0.25, 0.3) is 0 Å². The molecule has 2 rings (SSSR count). The Hall–Kier alpha value is -3.47. The fourth-order valence-electron chi connectivity index (χ4n) is 1.69. The van der Waals surface area contributed by atoms with Gasteiger partial charge in [-0.3, -0.25) is 10.1 Å². The first kappa shape index (κ1) is 14.0. The summed E-state index contributed by atoms with van der Waals surface area (Å²) in [5.74, 6) is -1.24. The Kier molecular flexibility index (Phi) is 3.76. The Bertz CT molecular complexity index is 767. The summed E-state index contributed by atoms with van der Waals surface area (Å²) in [6, 6.07) is 8.68. The van der Waals surface area contributed by atoms with Gasteiger partial charge in [-0.2, -0.15) is 5.26 Å². The van der Waals surface area contributed by atoms with Crippen LogP contribution in [0.3, 0.4) is 0 Å². The molecule has 104 valence electrons. The van der Waals surface area contributed by atoms with Crippen LogP contribution in [0.25, 0.3) is 0 Å². The number of hydrogen-bond acceptors (Lipinski definition) is 6. The van der Waals surface area contributed by atoms with E-state index in [1.165, 1.54) is 36.5 Å². The van der Waals surface area contributed by atoms with E-state index in [0.29, 0.717) is 5.69 Å². The highest BCUT2D eigenvalue weighted by Gasteiger charge is 2.21. The van der Waals surface area contributed by atoms with Gasteiger partial charge in [0.05, 0.1) is 10.5 Å². The molecule has 0 atom stereocenters. The Morgan fingerprint density at radius 2 is 2.19 bits per heavy atom. The highest BCUT2D eigenvalue weighted by molar-refractivity contribution is 5.89. The van der Waals surface area contributed by atoms with Crippen LogP contribution in [0.4, 0.5) is 17.2 Å². The van der Waals surface area contributed by atoms with Gasteiger partial charge >= 0.3 is 11.7 Å². The molecule has 2 N–H and O–H groups in total. The minimum absolute atomic E-state index is 0.0269. The van der Waals surface area contributed by atoms with E-state index in [0.717, 1.165) is 0 Å². The number of anilines is 2. The van der Waals surface area contributed by atoms with Crippen LogP contribution in [0, 0.1) is 21.4 Å². The first-order valence-corrected chi connectivity index (χ1v) is 5.67. The zero-order chi connectivity index (χ0) is 15.4. The number of carboxylic acid groups (broad SMARTS) is 1. The van der Waals surface area contributed by atoms with Crippen molar-refractivity contribution < 1.29 is 14.8 Å². The van der Waals surface area contributed by atoms with E-state index < -0.39 is 16.6 Å². The largest absolute Gasteiger partial charge is 0.478 e. The summed E-state index contributed by atoms with van der Waals surface area (Å²) in [6.45, 7) is 0. The number of carbonyl (C=O) groups is 1. The lowest BCUT2D eigenvalue weighted by molar-refractivity contribution is -0.384. The van der Waals surface area contributed by atoms with Gasteiger partial charge < -0.3 is 10.4 Å². The third-order valence-corrected chi connectivity index (χ3v) is 2.60. The Labute approximate surface area is 118 Å². The molecule has 21 heavy (non-hydrogen) atoms. The second-order valence-electron chi connectivity index (χ2n) is 3.94. The molecular formula is C13H8N4O4. The third kappa shape index (κ3) is 2.93. The SMILES string of the molecule is N#Cc1ccnc(Nc2cccc(C(=O)O)c2)c1[N+](=O)[O-]. The van der Waals surface area contributed by atoms with E-state index >= 15 is 0 Å². The van der Waals surface area contributed by atoms with E-state index in [1.807, 2.05) is 0 Å². The minimum atomic E-state index is -1.12. The van der Waals surface area contributed by atoms with Crippen molar-refractivity contribution in [2.75, 3.05) is 5.32 Å². The van der Waals surface area contributed by atoms with Gasteiger partial charge in [0.1, 0.15) is 11.6 Å². The molecule has 2 aromatic rings. The maximum Gasteiger partial charge on any atom is 0.335 e. The minimum Gasteiger partial charge on any atom is -0.478 e. The van der Waals surface area contributed by atoms with Crippen molar-refractivity contribution in [3.05, 3.63) is 57.8 Å². The van der Waals surface area contributed by atoms with Gasteiger partial charge in [0.15, 0.2) is 0 Å². The molecule has 0 fully saturated rings. The molecule has 1 aromatic heterocycles. The van der Waals surface area contributed by atoms with Crippen molar-refractivity contribution in [1.29, 1.82) is 5.26 Å². The molecule has 0 bridgehead atoms. The second-order valence-corrected chi connectivity index (χ2v) is 3.94. The third-order valence-electron chi connectivity index (χ3n) is 2.60. The maximum atomic E-state index is 11.0. The van der Waals surface area contributed by atoms with E-state index in [9.17, 15) is 14.9 Å². The molecule has 1 heterocycles. The van der Waals surface area contributed by atoms with Gasteiger partial charge in [0, 0.05) is 11.9 Å². The summed E-state index contributed by atoms with van der Waals surface area (Å²) in [5, 5.41) is 31.5. The van der Waals surface area contributed by atoms with Crippen LogP contribution >= 0.6 is 0 Å². The summed E-state index contributed by atoms with van der Waals surface area (Å²) >= 11 is 0. The Morgan fingerprint density at radius 1 is 1.43 bits per heavy atom. The summed E-state index contributed by atoms with van der Waals surface area (Å²) in [7, 11) is 0. The van der Waals surface area contributed by atoms with E-state index in [1.54, 1.807) is 6.07 Å². The number of nitriles is 1. The fourth-order valence-corrected chi connectivity index (χ4v) is 1.69. The van der Waals surface area contributed by atoms with Crippen LogP contribution < -0.4 is 5.32 Å². The standard InChI is InChI=1S/C13H8N4O4/c14-7-9-4-5-15-12(11(9)17(20)21)16-10-3-1-2-8(6-10)13(18)19/h1-6H,(H,15,16)(H,18,19). The lowest BCUT2D eigenvalue weighted by atomic mass is 10.2. The number of hydrogen-bond donors (Lipinski definition) is 2. The maximum absolute atomic E-state index is 11.0. The molecule has 8 nitrogen and oxygen atoms in total. The van der Waals surface area contributed by atoms with Crippen LogP contribution in [0.1, 0.15) is 15.9 Å². The van der Waals surface area contributed by atoms with Crippen LogP contribution in [-0.2, 0) is 0 Å². The topological polar surface area (TPSA) is 129 Å². The summed E-state index contributed by atoms with van der Waals surface area (Å²) < 4.78 is 0. The zero-order valence-electron chi connectivity index (χ0n) is 10.5. The van der Waals surface area contributed by atoms with Crippen molar-refractivity contribution in [1.82, 2.24) is 4.98 Å². The van der Waals surface area contributed by atoms with Crippen molar-refractivity contribution in [3.8, 4) is 6.07 Å². The number of nitrogens with zero attached hydrogens (tertiary/aromatic N) is 3. The molecule has 0 aliphatic carbocycles. The molecule has 0 unspecified atom stereocenters. The number of nitrogens with one attached hydrogen (secondary N) is 1. The predicted molar refractivity (Wildman–Crippen MR) is 72.3 cm³/mol. The molecule has 0 radical (unpaired) electrons. The van der Waals surface area contributed by atoms with E-state index in [2.05, 4.69) is 10.3 Å². The molecule has 0 amide bonds. The van der Waals surface area contributed by atoms with Crippen LogP contribution in [0.15, 0.2) is 36.5 Å².